The third kappa shape index (κ3) is 6.25. The second-order valence-corrected chi connectivity index (χ2v) is 12.7. The van der Waals surface area contributed by atoms with Gasteiger partial charge in [0.25, 0.3) is 5.91 Å². The molecule has 5 heterocycles. The molecule has 13 nitrogen and oxygen atoms in total. The number of amides is 2. The van der Waals surface area contributed by atoms with Crippen molar-refractivity contribution in [2.24, 2.45) is 5.92 Å². The summed E-state index contributed by atoms with van der Waals surface area (Å²) in [7, 11) is 1.48. The number of rotatable bonds is 8. The van der Waals surface area contributed by atoms with Crippen LogP contribution in [-0.4, -0.2) is 91.8 Å². The van der Waals surface area contributed by atoms with E-state index >= 15 is 0 Å². The van der Waals surface area contributed by atoms with Crippen molar-refractivity contribution in [2.45, 2.75) is 51.9 Å². The molecule has 1 saturated heterocycles. The summed E-state index contributed by atoms with van der Waals surface area (Å²) < 4.78 is 46.4. The highest BCUT2D eigenvalue weighted by molar-refractivity contribution is 7.21. The minimum absolute atomic E-state index is 0.0991. The number of nitrogens with zero attached hydrogens (tertiary/aromatic N) is 7. The number of thiazole rings is 1. The molecule has 1 aliphatic carbocycles. The number of pyridine rings is 2. The van der Waals surface area contributed by atoms with Crippen LogP contribution in [0.25, 0.3) is 20.9 Å². The second kappa shape index (κ2) is 13.0. The Labute approximate surface area is 276 Å². The Bertz CT molecular complexity index is 1930. The SMILES string of the molecule is CCc1c(N2CCN(C(=O)c3ncnc(C)c3O)CC2)c(=O)c2sc(-c3ccnc(OC)c3)nc2n1CC(=O)NC1CC(C(F)(F)F)C1. The molecule has 254 valence electrons. The standard InChI is InChI=1S/C31H33F3N8O5S/c1-4-20-24(40-7-9-41(10-8-40)30(46)23-25(44)16(2)36-15-37-23)26(45)27-28(39-29(48-27)17-5-6-35-22(11-17)47-3)42(20)14-21(43)38-19-12-18(13-19)31(32,33)34/h5-6,11,15,18-19,44H,4,7-10,12-14H2,1-3H3,(H,38,43). The van der Waals surface area contributed by atoms with Crippen LogP contribution in [0.4, 0.5) is 18.9 Å². The zero-order valence-corrected chi connectivity index (χ0v) is 27.2. The maximum atomic E-state index is 14.2. The van der Waals surface area contributed by atoms with Crippen LogP contribution >= 0.6 is 11.3 Å². The predicted molar refractivity (Wildman–Crippen MR) is 170 cm³/mol. The smallest absolute Gasteiger partial charge is 0.391 e. The van der Waals surface area contributed by atoms with Gasteiger partial charge >= 0.3 is 6.18 Å². The zero-order valence-electron chi connectivity index (χ0n) is 26.4. The highest BCUT2D eigenvalue weighted by atomic mass is 32.1. The number of aromatic hydroxyl groups is 1. The lowest BCUT2D eigenvalue weighted by atomic mass is 9.80. The molecule has 2 N–H and O–H groups in total. The van der Waals surface area contributed by atoms with Gasteiger partial charge in [0, 0.05) is 55.7 Å². The highest BCUT2D eigenvalue weighted by Crippen LogP contribution is 2.41. The fraction of sp³-hybridized carbons (Fsp3) is 0.452. The molecule has 2 amide bonds. The number of hydrogen-bond acceptors (Lipinski definition) is 11. The molecule has 0 spiro atoms. The van der Waals surface area contributed by atoms with Crippen LogP contribution in [0.15, 0.2) is 29.5 Å². The minimum Gasteiger partial charge on any atom is -0.504 e. The van der Waals surface area contributed by atoms with Crippen LogP contribution in [0.3, 0.4) is 0 Å². The molecule has 0 atom stereocenters. The summed E-state index contributed by atoms with van der Waals surface area (Å²) in [5.74, 6) is -2.31. The van der Waals surface area contributed by atoms with Crippen molar-refractivity contribution in [3.63, 3.8) is 0 Å². The number of carbonyl (C=O) groups is 2. The minimum atomic E-state index is -4.30. The average Bonchev–Trinajstić information content (AvgIpc) is 3.50. The van der Waals surface area contributed by atoms with Crippen LogP contribution in [0, 0.1) is 12.8 Å². The van der Waals surface area contributed by atoms with Gasteiger partial charge in [0.15, 0.2) is 17.1 Å². The third-order valence-electron chi connectivity index (χ3n) is 8.77. The van der Waals surface area contributed by atoms with Crippen LogP contribution in [0.2, 0.25) is 0 Å². The van der Waals surface area contributed by atoms with Gasteiger partial charge in [-0.05, 0) is 32.3 Å². The van der Waals surface area contributed by atoms with Crippen LogP contribution < -0.4 is 20.4 Å². The highest BCUT2D eigenvalue weighted by Gasteiger charge is 2.48. The van der Waals surface area contributed by atoms with E-state index in [0.29, 0.717) is 39.0 Å². The summed E-state index contributed by atoms with van der Waals surface area (Å²) in [6.45, 7) is 4.19. The first-order chi connectivity index (χ1) is 22.9. The molecule has 4 aromatic rings. The topological polar surface area (TPSA) is 156 Å². The van der Waals surface area contributed by atoms with Crippen molar-refractivity contribution in [1.29, 1.82) is 0 Å². The van der Waals surface area contributed by atoms with Crippen molar-refractivity contribution in [1.82, 2.24) is 34.7 Å². The van der Waals surface area contributed by atoms with E-state index in [4.69, 9.17) is 9.72 Å². The Balaban J connectivity index is 1.34. The fourth-order valence-electron chi connectivity index (χ4n) is 6.10. The van der Waals surface area contributed by atoms with Crippen molar-refractivity contribution in [3.8, 4) is 22.2 Å². The lowest BCUT2D eigenvalue weighted by Crippen LogP contribution is -2.51. The molecule has 2 fully saturated rings. The van der Waals surface area contributed by atoms with E-state index in [0.717, 1.165) is 11.3 Å². The van der Waals surface area contributed by atoms with Crippen molar-refractivity contribution in [3.05, 3.63) is 52.0 Å². The zero-order chi connectivity index (χ0) is 34.3. The van der Waals surface area contributed by atoms with Crippen LogP contribution in [-0.2, 0) is 17.8 Å². The van der Waals surface area contributed by atoms with Gasteiger partial charge in [-0.15, -0.1) is 11.3 Å². The number of anilines is 1. The van der Waals surface area contributed by atoms with E-state index < -0.39 is 30.0 Å². The molecule has 0 bridgehead atoms. The predicted octanol–water partition coefficient (Wildman–Crippen LogP) is 3.31. The van der Waals surface area contributed by atoms with Crippen molar-refractivity contribution < 1.29 is 32.6 Å². The van der Waals surface area contributed by atoms with Gasteiger partial charge in [-0.1, -0.05) is 6.92 Å². The van der Waals surface area contributed by atoms with Gasteiger partial charge in [-0.25, -0.2) is 19.9 Å². The molecule has 2 aliphatic rings. The summed E-state index contributed by atoms with van der Waals surface area (Å²) in [6, 6.07) is 2.81. The average molecular weight is 687 g/mol. The molecular weight excluding hydrogens is 653 g/mol. The number of halogens is 3. The molecule has 0 radical (unpaired) electrons. The first-order valence-corrected chi connectivity index (χ1v) is 16.2. The third-order valence-corrected chi connectivity index (χ3v) is 9.86. The maximum Gasteiger partial charge on any atom is 0.391 e. The van der Waals surface area contributed by atoms with Gasteiger partial charge in [-0.3, -0.25) is 14.4 Å². The molecule has 0 aromatic carbocycles. The van der Waals surface area contributed by atoms with Gasteiger partial charge in [0.05, 0.1) is 18.7 Å². The molecule has 17 heteroatoms. The number of hydrogen-bond donors (Lipinski definition) is 2. The summed E-state index contributed by atoms with van der Waals surface area (Å²) >= 11 is 1.16. The normalized spacial score (nSPS) is 18.1. The molecule has 48 heavy (non-hydrogen) atoms. The number of ether oxygens (including phenoxy) is 1. The first-order valence-electron chi connectivity index (χ1n) is 15.4. The molecular formula is C31H33F3N8O5S. The molecule has 1 aliphatic heterocycles. The van der Waals surface area contributed by atoms with Gasteiger partial charge in [-0.2, -0.15) is 13.2 Å². The number of piperazine rings is 1. The fourth-order valence-corrected chi connectivity index (χ4v) is 7.10. The monoisotopic (exact) mass is 686 g/mol. The van der Waals surface area contributed by atoms with E-state index in [-0.39, 0.29) is 73.8 Å². The van der Waals surface area contributed by atoms with Crippen molar-refractivity contribution in [2.75, 3.05) is 38.2 Å². The van der Waals surface area contributed by atoms with E-state index in [9.17, 15) is 32.7 Å². The molecule has 0 unspecified atom stereocenters. The first kappa shape index (κ1) is 33.1. The van der Waals surface area contributed by atoms with Crippen LogP contribution in [0.1, 0.15) is 41.6 Å². The van der Waals surface area contributed by atoms with Gasteiger partial charge in [0.2, 0.25) is 17.2 Å². The lowest BCUT2D eigenvalue weighted by molar-refractivity contribution is -0.199. The number of aromatic nitrogens is 5. The summed E-state index contributed by atoms with van der Waals surface area (Å²) in [4.78, 5) is 60.9. The Kier molecular flexibility index (Phi) is 8.98. The Morgan fingerprint density at radius 2 is 1.88 bits per heavy atom. The number of alkyl halides is 3. The number of fused-ring (bicyclic) bond motifs is 1. The van der Waals surface area contributed by atoms with Crippen LogP contribution in [0.5, 0.6) is 11.6 Å². The molecule has 1 saturated carbocycles. The largest absolute Gasteiger partial charge is 0.504 e. The number of nitrogens with one attached hydrogen (secondary N) is 1. The lowest BCUT2D eigenvalue weighted by Gasteiger charge is -2.37. The Morgan fingerprint density at radius 3 is 2.54 bits per heavy atom. The summed E-state index contributed by atoms with van der Waals surface area (Å²) in [6.07, 6.45) is -1.55. The summed E-state index contributed by atoms with van der Waals surface area (Å²) in [5.41, 5.74) is 1.75. The van der Waals surface area contributed by atoms with E-state index in [1.165, 1.54) is 13.4 Å². The summed E-state index contributed by atoms with van der Waals surface area (Å²) in [5, 5.41) is 13.6. The molecule has 4 aromatic heterocycles. The van der Waals surface area contributed by atoms with Gasteiger partial charge in [0.1, 0.15) is 28.3 Å². The Morgan fingerprint density at radius 1 is 1.15 bits per heavy atom. The Hall–Kier alpha value is -4.80. The van der Waals surface area contributed by atoms with E-state index in [2.05, 4.69) is 20.3 Å². The number of methoxy groups -OCH3 is 1. The second-order valence-electron chi connectivity index (χ2n) is 11.7. The van der Waals surface area contributed by atoms with Gasteiger partial charge < -0.3 is 29.5 Å². The number of carbonyl (C=O) groups excluding carboxylic acids is 2. The molecule has 6 rings (SSSR count). The quantitative estimate of drug-likeness (QED) is 0.282. The maximum absolute atomic E-state index is 14.2. The van der Waals surface area contributed by atoms with E-state index in [1.54, 1.807) is 34.7 Å². The van der Waals surface area contributed by atoms with E-state index in [1.807, 2.05) is 11.8 Å². The number of aryl methyl sites for hydroxylation is 1. The van der Waals surface area contributed by atoms with Crippen molar-refractivity contribution >= 4 is 39.2 Å².